The van der Waals surface area contributed by atoms with Crippen LogP contribution in [-0.2, 0) is 9.47 Å². The summed E-state index contributed by atoms with van der Waals surface area (Å²) < 4.78 is 15.6. The van der Waals surface area contributed by atoms with E-state index in [-0.39, 0.29) is 19.4 Å². The van der Waals surface area contributed by atoms with E-state index in [1.807, 2.05) is 36.4 Å². The minimum Gasteiger partial charge on any atom is -0.468 e. The zero-order chi connectivity index (χ0) is 14.0. The van der Waals surface area contributed by atoms with Gasteiger partial charge < -0.3 is 14.2 Å². The smallest absolute Gasteiger partial charge is 0.338 e. The largest absolute Gasteiger partial charge is 0.468 e. The zero-order valence-corrected chi connectivity index (χ0v) is 11.0. The first-order valence-corrected chi connectivity index (χ1v) is 6.34. The number of benzene rings is 2. The number of hydrogen-bond donors (Lipinski definition) is 0. The third-order valence-corrected chi connectivity index (χ3v) is 2.52. The molecule has 4 nitrogen and oxygen atoms in total. The standard InChI is InChI=1S/C16H16O4/c17-16(14-7-3-1-4-8-14)19-12-11-18-13-20-15-9-5-2-6-10-15/h1-10H,11-13H2. The predicted molar refractivity (Wildman–Crippen MR) is 74.6 cm³/mol. The molecule has 0 aromatic heterocycles. The fourth-order valence-electron chi connectivity index (χ4n) is 1.54. The van der Waals surface area contributed by atoms with Crippen LogP contribution >= 0.6 is 0 Å². The second-order valence-electron chi connectivity index (χ2n) is 3.99. The fraction of sp³-hybridized carbons (Fsp3) is 0.188. The van der Waals surface area contributed by atoms with Crippen LogP contribution in [0.2, 0.25) is 0 Å². The summed E-state index contributed by atoms with van der Waals surface area (Å²) >= 11 is 0. The molecule has 0 fully saturated rings. The normalized spacial score (nSPS) is 10.0. The zero-order valence-electron chi connectivity index (χ0n) is 11.0. The molecule has 2 aromatic rings. The Hall–Kier alpha value is -2.33. The summed E-state index contributed by atoms with van der Waals surface area (Å²) in [6, 6.07) is 18.2. The van der Waals surface area contributed by atoms with Gasteiger partial charge in [0.2, 0.25) is 0 Å². The van der Waals surface area contributed by atoms with Crippen LogP contribution in [0.15, 0.2) is 60.7 Å². The molecule has 20 heavy (non-hydrogen) atoms. The predicted octanol–water partition coefficient (Wildman–Crippen LogP) is 2.90. The Balaban J connectivity index is 1.57. The van der Waals surface area contributed by atoms with E-state index in [0.29, 0.717) is 12.2 Å². The first-order chi connectivity index (χ1) is 9.86. The van der Waals surface area contributed by atoms with E-state index in [1.165, 1.54) is 0 Å². The minimum absolute atomic E-state index is 0.132. The van der Waals surface area contributed by atoms with Gasteiger partial charge in [-0.05, 0) is 24.3 Å². The molecule has 0 radical (unpaired) electrons. The molecule has 0 bridgehead atoms. The molecule has 0 aliphatic rings. The molecule has 2 rings (SSSR count). The van der Waals surface area contributed by atoms with Gasteiger partial charge in [0, 0.05) is 0 Å². The lowest BCUT2D eigenvalue weighted by Gasteiger charge is -2.07. The lowest BCUT2D eigenvalue weighted by atomic mass is 10.2. The number of ether oxygens (including phenoxy) is 3. The van der Waals surface area contributed by atoms with Crippen LogP contribution in [0.3, 0.4) is 0 Å². The number of rotatable bonds is 7. The fourth-order valence-corrected chi connectivity index (χ4v) is 1.54. The molecule has 0 aliphatic carbocycles. The van der Waals surface area contributed by atoms with Crippen molar-refractivity contribution in [2.24, 2.45) is 0 Å². The Labute approximate surface area is 117 Å². The van der Waals surface area contributed by atoms with Crippen molar-refractivity contribution >= 4 is 5.97 Å². The summed E-state index contributed by atoms with van der Waals surface area (Å²) in [4.78, 5) is 11.6. The molecule has 0 spiro atoms. The maximum absolute atomic E-state index is 11.6. The van der Waals surface area contributed by atoms with E-state index in [4.69, 9.17) is 14.2 Å². The van der Waals surface area contributed by atoms with Crippen LogP contribution in [0.4, 0.5) is 0 Å². The Morgan fingerprint density at radius 1 is 0.850 bits per heavy atom. The minimum atomic E-state index is -0.349. The maximum atomic E-state index is 11.6. The van der Waals surface area contributed by atoms with Crippen LogP contribution in [0.1, 0.15) is 10.4 Å². The summed E-state index contributed by atoms with van der Waals surface area (Å²) in [6.07, 6.45) is 0. The summed E-state index contributed by atoms with van der Waals surface area (Å²) in [5.74, 6) is 0.395. The second kappa shape index (κ2) is 7.96. The van der Waals surface area contributed by atoms with Crippen molar-refractivity contribution in [3.63, 3.8) is 0 Å². The molecule has 0 saturated heterocycles. The molecule has 0 aliphatic heterocycles. The van der Waals surface area contributed by atoms with E-state index in [2.05, 4.69) is 0 Å². The molecule has 0 N–H and O–H groups in total. The molecule has 0 heterocycles. The SMILES string of the molecule is O=C(OCCOCOc1ccccc1)c1ccccc1. The van der Waals surface area contributed by atoms with E-state index in [1.54, 1.807) is 24.3 Å². The highest BCUT2D eigenvalue weighted by Gasteiger charge is 2.04. The van der Waals surface area contributed by atoms with Gasteiger partial charge in [0.05, 0.1) is 12.2 Å². The molecule has 4 heteroatoms. The molecule has 0 atom stereocenters. The maximum Gasteiger partial charge on any atom is 0.338 e. The number of carbonyl (C=O) groups is 1. The number of carbonyl (C=O) groups excluding carboxylic acids is 1. The van der Waals surface area contributed by atoms with Crippen molar-refractivity contribution in [2.45, 2.75) is 0 Å². The quantitative estimate of drug-likeness (QED) is 0.441. The monoisotopic (exact) mass is 272 g/mol. The van der Waals surface area contributed by atoms with Crippen LogP contribution in [0.25, 0.3) is 0 Å². The summed E-state index contributed by atoms with van der Waals surface area (Å²) in [7, 11) is 0. The van der Waals surface area contributed by atoms with Gasteiger partial charge in [-0.15, -0.1) is 0 Å². The topological polar surface area (TPSA) is 44.8 Å². The molecule has 2 aromatic carbocycles. The summed E-state index contributed by atoms with van der Waals surface area (Å²) in [5, 5.41) is 0. The summed E-state index contributed by atoms with van der Waals surface area (Å²) in [5.41, 5.74) is 0.535. The van der Waals surface area contributed by atoms with Crippen molar-refractivity contribution in [1.29, 1.82) is 0 Å². The van der Waals surface area contributed by atoms with E-state index in [9.17, 15) is 4.79 Å². The van der Waals surface area contributed by atoms with Gasteiger partial charge in [-0.2, -0.15) is 0 Å². The van der Waals surface area contributed by atoms with Crippen molar-refractivity contribution < 1.29 is 19.0 Å². The molecule has 0 saturated carbocycles. The number of para-hydroxylation sites is 1. The highest BCUT2D eigenvalue weighted by molar-refractivity contribution is 5.89. The van der Waals surface area contributed by atoms with E-state index < -0.39 is 0 Å². The average Bonchev–Trinajstić information content (AvgIpc) is 2.52. The van der Waals surface area contributed by atoms with Crippen molar-refractivity contribution in [1.82, 2.24) is 0 Å². The summed E-state index contributed by atoms with van der Waals surface area (Å²) in [6.45, 7) is 0.629. The van der Waals surface area contributed by atoms with Crippen LogP contribution < -0.4 is 4.74 Å². The second-order valence-corrected chi connectivity index (χ2v) is 3.99. The lowest BCUT2D eigenvalue weighted by molar-refractivity contribution is -0.0116. The molecule has 104 valence electrons. The first kappa shape index (κ1) is 14.1. The van der Waals surface area contributed by atoms with Gasteiger partial charge in [0.1, 0.15) is 12.4 Å². The average molecular weight is 272 g/mol. The third kappa shape index (κ3) is 4.74. The van der Waals surface area contributed by atoms with Gasteiger partial charge in [-0.3, -0.25) is 0 Å². The Morgan fingerprint density at radius 2 is 1.50 bits per heavy atom. The van der Waals surface area contributed by atoms with Gasteiger partial charge in [-0.25, -0.2) is 4.79 Å². The van der Waals surface area contributed by atoms with Crippen LogP contribution in [0.5, 0.6) is 5.75 Å². The van der Waals surface area contributed by atoms with Crippen molar-refractivity contribution in [2.75, 3.05) is 20.0 Å². The van der Waals surface area contributed by atoms with Gasteiger partial charge >= 0.3 is 5.97 Å². The number of hydrogen-bond acceptors (Lipinski definition) is 4. The molecular weight excluding hydrogens is 256 g/mol. The Kier molecular flexibility index (Phi) is 5.61. The highest BCUT2D eigenvalue weighted by atomic mass is 16.7. The molecule has 0 amide bonds. The molecule has 0 unspecified atom stereocenters. The Bertz CT molecular complexity index is 511. The highest BCUT2D eigenvalue weighted by Crippen LogP contribution is 2.07. The molecular formula is C16H16O4. The van der Waals surface area contributed by atoms with Crippen LogP contribution in [0, 0.1) is 0 Å². The van der Waals surface area contributed by atoms with E-state index >= 15 is 0 Å². The van der Waals surface area contributed by atoms with Gasteiger partial charge in [0.15, 0.2) is 6.79 Å². The Morgan fingerprint density at radius 3 is 2.20 bits per heavy atom. The number of esters is 1. The van der Waals surface area contributed by atoms with E-state index in [0.717, 1.165) is 5.75 Å². The van der Waals surface area contributed by atoms with Crippen molar-refractivity contribution in [3.8, 4) is 5.75 Å². The lowest BCUT2D eigenvalue weighted by Crippen LogP contribution is -2.12. The third-order valence-electron chi connectivity index (χ3n) is 2.52. The van der Waals surface area contributed by atoms with Crippen molar-refractivity contribution in [3.05, 3.63) is 66.2 Å². The van der Waals surface area contributed by atoms with Crippen LogP contribution in [-0.4, -0.2) is 26.0 Å². The van der Waals surface area contributed by atoms with Gasteiger partial charge in [0.25, 0.3) is 0 Å². The van der Waals surface area contributed by atoms with Gasteiger partial charge in [-0.1, -0.05) is 36.4 Å². The first-order valence-electron chi connectivity index (χ1n) is 6.34.